The van der Waals surface area contributed by atoms with Crippen molar-refractivity contribution < 1.29 is 4.74 Å². The largest absolute Gasteiger partial charge is 0.453 e. The Morgan fingerprint density at radius 1 is 0.655 bits per heavy atom. The van der Waals surface area contributed by atoms with Gasteiger partial charge in [-0.05, 0) is 47.8 Å². The number of fused-ring (bicyclic) bond motifs is 10. The topological polar surface area (TPSA) is 15.7 Å². The molecule has 0 fully saturated rings. The number of benzene rings is 4. The summed E-state index contributed by atoms with van der Waals surface area (Å²) in [6.07, 6.45) is 0. The summed E-state index contributed by atoms with van der Waals surface area (Å²) in [6, 6.07) is 30.3. The Morgan fingerprint density at radius 3 is 2.28 bits per heavy atom. The molecule has 3 nitrogen and oxygen atoms in total. The van der Waals surface area contributed by atoms with Gasteiger partial charge in [-0.15, -0.1) is 0 Å². The lowest BCUT2D eigenvalue weighted by atomic mass is 9.59. The maximum atomic E-state index is 6.41. The van der Waals surface area contributed by atoms with E-state index in [1.807, 2.05) is 6.07 Å². The molecule has 0 aromatic heterocycles. The Kier molecular flexibility index (Phi) is 2.76. The first kappa shape index (κ1) is 15.3. The molecule has 0 amide bonds. The number of ether oxygens (including phenoxy) is 1. The zero-order chi connectivity index (χ0) is 19.1. The second-order valence-corrected chi connectivity index (χ2v) is 7.87. The second-order valence-electron chi connectivity index (χ2n) is 7.87. The highest BCUT2D eigenvalue weighted by Crippen LogP contribution is 2.59. The standard InChI is InChI=1S/C25H17BN2O/c1-16-14-15-22-24-25(16)29-23-13-7-6-12-21(23)28(24)26-19-10-4-2-8-17(19)18-9-3-5-11-20(18)27(22)26/h2-15H,1H3. The summed E-state index contributed by atoms with van der Waals surface area (Å²) in [4.78, 5) is 4.94. The van der Waals surface area contributed by atoms with Crippen LogP contribution in [-0.4, -0.2) is 6.98 Å². The third-order valence-electron chi connectivity index (χ3n) is 6.33. The van der Waals surface area contributed by atoms with Gasteiger partial charge in [0.25, 0.3) is 0 Å². The lowest BCUT2D eigenvalue weighted by Gasteiger charge is -2.37. The van der Waals surface area contributed by atoms with Crippen LogP contribution in [0.2, 0.25) is 0 Å². The average molecular weight is 372 g/mol. The monoisotopic (exact) mass is 372 g/mol. The molecule has 0 saturated carbocycles. The SMILES string of the molecule is Cc1ccc2c3c1Oc1ccccc1N3B1c3ccccc3-c3ccccc3N12. The molecule has 4 heteroatoms. The Hall–Kier alpha value is -3.66. The van der Waals surface area contributed by atoms with E-state index in [4.69, 9.17) is 4.74 Å². The van der Waals surface area contributed by atoms with Crippen molar-refractivity contribution in [3.05, 3.63) is 90.5 Å². The van der Waals surface area contributed by atoms with Crippen LogP contribution >= 0.6 is 0 Å². The first-order chi connectivity index (χ1) is 14.3. The smallest absolute Gasteiger partial charge is 0.421 e. The lowest BCUT2D eigenvalue weighted by molar-refractivity contribution is 0.475. The highest BCUT2D eigenvalue weighted by molar-refractivity contribution is 6.86. The van der Waals surface area contributed by atoms with Gasteiger partial charge in [-0.2, -0.15) is 0 Å². The summed E-state index contributed by atoms with van der Waals surface area (Å²) < 4.78 is 6.41. The van der Waals surface area contributed by atoms with Crippen LogP contribution in [0.3, 0.4) is 0 Å². The maximum Gasteiger partial charge on any atom is 0.421 e. The van der Waals surface area contributed by atoms with Gasteiger partial charge in [0.1, 0.15) is 5.75 Å². The van der Waals surface area contributed by atoms with E-state index >= 15 is 0 Å². The molecule has 3 aliphatic heterocycles. The molecule has 3 aliphatic rings. The molecule has 0 radical (unpaired) electrons. The molecule has 0 atom stereocenters. The number of para-hydroxylation sites is 3. The van der Waals surface area contributed by atoms with Gasteiger partial charge in [0.05, 0.1) is 17.1 Å². The van der Waals surface area contributed by atoms with Crippen molar-refractivity contribution in [1.82, 2.24) is 0 Å². The molecule has 0 saturated heterocycles. The van der Waals surface area contributed by atoms with Crippen LogP contribution in [0.4, 0.5) is 22.7 Å². The molecular formula is C25H17BN2O. The van der Waals surface area contributed by atoms with Crippen LogP contribution in [0.25, 0.3) is 11.1 Å². The number of aryl methyl sites for hydroxylation is 1. The molecule has 0 bridgehead atoms. The third kappa shape index (κ3) is 1.79. The van der Waals surface area contributed by atoms with Gasteiger partial charge in [-0.25, -0.2) is 0 Å². The Balaban J connectivity index is 1.62. The fraction of sp³-hybridized carbons (Fsp3) is 0.0400. The van der Waals surface area contributed by atoms with Crippen molar-refractivity contribution in [2.24, 2.45) is 0 Å². The number of nitrogens with zero attached hydrogens (tertiary/aromatic N) is 2. The van der Waals surface area contributed by atoms with Crippen LogP contribution < -0.4 is 19.8 Å². The predicted molar refractivity (Wildman–Crippen MR) is 119 cm³/mol. The van der Waals surface area contributed by atoms with Crippen LogP contribution in [0.5, 0.6) is 11.5 Å². The highest BCUT2D eigenvalue weighted by Gasteiger charge is 2.51. The van der Waals surface area contributed by atoms with Crippen LogP contribution in [0, 0.1) is 6.92 Å². The molecule has 0 aliphatic carbocycles. The second kappa shape index (κ2) is 5.23. The average Bonchev–Trinajstić information content (AvgIpc) is 3.13. The van der Waals surface area contributed by atoms with Crippen molar-refractivity contribution >= 4 is 35.2 Å². The molecule has 7 rings (SSSR count). The first-order valence-electron chi connectivity index (χ1n) is 10.0. The summed E-state index contributed by atoms with van der Waals surface area (Å²) >= 11 is 0. The Morgan fingerprint density at radius 2 is 1.38 bits per heavy atom. The van der Waals surface area contributed by atoms with Crippen LogP contribution in [-0.2, 0) is 0 Å². The van der Waals surface area contributed by atoms with E-state index in [2.05, 4.69) is 95.4 Å². The molecule has 29 heavy (non-hydrogen) atoms. The Bertz CT molecular complexity index is 1330. The number of anilines is 4. The highest BCUT2D eigenvalue weighted by atomic mass is 16.5. The van der Waals surface area contributed by atoms with Crippen LogP contribution in [0.1, 0.15) is 5.56 Å². The summed E-state index contributed by atoms with van der Waals surface area (Å²) in [5, 5.41) is 0. The quantitative estimate of drug-likeness (QED) is 0.365. The maximum absolute atomic E-state index is 6.41. The van der Waals surface area contributed by atoms with E-state index in [9.17, 15) is 0 Å². The van der Waals surface area contributed by atoms with Crippen molar-refractivity contribution in [1.29, 1.82) is 0 Å². The molecule has 136 valence electrons. The fourth-order valence-electron chi connectivity index (χ4n) is 5.11. The fourth-order valence-corrected chi connectivity index (χ4v) is 5.11. The number of rotatable bonds is 0. The van der Waals surface area contributed by atoms with Crippen LogP contribution in [0.15, 0.2) is 84.9 Å². The van der Waals surface area contributed by atoms with Gasteiger partial charge in [-0.3, -0.25) is 0 Å². The first-order valence-corrected chi connectivity index (χ1v) is 10.0. The van der Waals surface area contributed by atoms with Gasteiger partial charge >= 0.3 is 6.98 Å². The number of hydrogen-bond acceptors (Lipinski definition) is 3. The molecular weight excluding hydrogens is 355 g/mol. The summed E-state index contributed by atoms with van der Waals surface area (Å²) in [5.41, 5.74) is 9.80. The van der Waals surface area contributed by atoms with E-state index in [1.54, 1.807) is 0 Å². The lowest BCUT2D eigenvalue weighted by Crippen LogP contribution is -2.55. The minimum absolute atomic E-state index is 0.0710. The van der Waals surface area contributed by atoms with Gasteiger partial charge in [-0.1, -0.05) is 60.7 Å². The number of hydrogen-bond donors (Lipinski definition) is 0. The summed E-state index contributed by atoms with van der Waals surface area (Å²) in [6.45, 7) is 2.20. The van der Waals surface area contributed by atoms with Crippen molar-refractivity contribution in [2.75, 3.05) is 9.62 Å². The summed E-state index contributed by atoms with van der Waals surface area (Å²) in [7, 11) is 0. The van der Waals surface area contributed by atoms with E-state index in [0.29, 0.717) is 0 Å². The van der Waals surface area contributed by atoms with Crippen molar-refractivity contribution in [3.8, 4) is 22.6 Å². The molecule has 4 aromatic rings. The van der Waals surface area contributed by atoms with E-state index in [1.165, 1.54) is 33.7 Å². The van der Waals surface area contributed by atoms with Crippen molar-refractivity contribution in [3.63, 3.8) is 0 Å². The Labute approximate surface area is 169 Å². The third-order valence-corrected chi connectivity index (χ3v) is 6.33. The molecule has 4 aromatic carbocycles. The zero-order valence-electron chi connectivity index (χ0n) is 16.0. The molecule has 3 heterocycles. The molecule has 0 unspecified atom stereocenters. The van der Waals surface area contributed by atoms with Gasteiger partial charge in [0.2, 0.25) is 0 Å². The van der Waals surface area contributed by atoms with Gasteiger partial charge < -0.3 is 14.4 Å². The van der Waals surface area contributed by atoms with E-state index < -0.39 is 0 Å². The molecule has 0 N–H and O–H groups in total. The normalized spacial score (nSPS) is 14.4. The molecule has 0 spiro atoms. The van der Waals surface area contributed by atoms with Gasteiger partial charge in [0.15, 0.2) is 5.75 Å². The zero-order valence-corrected chi connectivity index (χ0v) is 16.0. The predicted octanol–water partition coefficient (Wildman–Crippen LogP) is 5.77. The summed E-state index contributed by atoms with van der Waals surface area (Å²) in [5.74, 6) is 1.88. The van der Waals surface area contributed by atoms with Gasteiger partial charge in [0, 0.05) is 11.3 Å². The minimum atomic E-state index is 0.0710. The van der Waals surface area contributed by atoms with E-state index in [0.717, 1.165) is 22.7 Å². The van der Waals surface area contributed by atoms with E-state index in [-0.39, 0.29) is 6.98 Å². The minimum Gasteiger partial charge on any atom is -0.453 e. The van der Waals surface area contributed by atoms with Crippen molar-refractivity contribution in [2.45, 2.75) is 6.92 Å².